The van der Waals surface area contributed by atoms with Gasteiger partial charge in [-0.05, 0) is 39.4 Å². The van der Waals surface area contributed by atoms with Gasteiger partial charge in [-0.2, -0.15) is 0 Å². The third kappa shape index (κ3) is 3.47. The predicted octanol–water partition coefficient (Wildman–Crippen LogP) is 3.48. The van der Waals surface area contributed by atoms with E-state index in [0.717, 1.165) is 6.54 Å². The molecular formula is C14H20ClNO2. The molecule has 100 valence electrons. The van der Waals surface area contributed by atoms with Crippen LogP contribution in [0, 0.1) is 0 Å². The molecule has 0 saturated carbocycles. The summed E-state index contributed by atoms with van der Waals surface area (Å²) < 4.78 is 0. The summed E-state index contributed by atoms with van der Waals surface area (Å²) >= 11 is 5.99. The standard InChI is InChI=1S/C14H20ClNO2/c1-5-16(9(2)3)8-11-6-12(15)7-13(10(4)17)14(11)18/h6-7,9,18H,5,8H2,1-4H3. The van der Waals surface area contributed by atoms with E-state index < -0.39 is 0 Å². The number of hydrogen-bond donors (Lipinski definition) is 1. The van der Waals surface area contributed by atoms with E-state index in [0.29, 0.717) is 23.2 Å². The normalized spacial score (nSPS) is 11.3. The monoisotopic (exact) mass is 269 g/mol. The van der Waals surface area contributed by atoms with E-state index in [2.05, 4.69) is 25.7 Å². The number of hydrogen-bond acceptors (Lipinski definition) is 3. The maximum absolute atomic E-state index is 11.4. The Hall–Kier alpha value is -1.06. The molecule has 1 rings (SSSR count). The molecule has 0 aliphatic carbocycles. The third-order valence-electron chi connectivity index (χ3n) is 3.04. The molecule has 0 amide bonds. The fraction of sp³-hybridized carbons (Fsp3) is 0.500. The molecule has 0 fully saturated rings. The summed E-state index contributed by atoms with van der Waals surface area (Å²) in [5, 5.41) is 10.6. The van der Waals surface area contributed by atoms with Gasteiger partial charge in [-0.25, -0.2) is 0 Å². The maximum Gasteiger partial charge on any atom is 0.163 e. The molecule has 3 nitrogen and oxygen atoms in total. The Morgan fingerprint density at radius 1 is 1.44 bits per heavy atom. The van der Waals surface area contributed by atoms with Crippen LogP contribution in [-0.4, -0.2) is 28.4 Å². The van der Waals surface area contributed by atoms with Crippen LogP contribution in [0.2, 0.25) is 5.02 Å². The number of rotatable bonds is 5. The minimum atomic E-state index is -0.177. The lowest BCUT2D eigenvalue weighted by Crippen LogP contribution is -2.30. The summed E-state index contributed by atoms with van der Waals surface area (Å²) in [6, 6.07) is 3.59. The highest BCUT2D eigenvalue weighted by molar-refractivity contribution is 6.31. The number of phenolic OH excluding ortho intramolecular Hbond substituents is 1. The molecule has 1 aromatic rings. The smallest absolute Gasteiger partial charge is 0.163 e. The molecule has 1 aromatic carbocycles. The van der Waals surface area contributed by atoms with Gasteiger partial charge in [-0.3, -0.25) is 9.69 Å². The van der Waals surface area contributed by atoms with Gasteiger partial charge in [0.2, 0.25) is 0 Å². The number of aromatic hydroxyl groups is 1. The molecule has 0 radical (unpaired) electrons. The first-order valence-electron chi connectivity index (χ1n) is 6.13. The Labute approximate surface area is 113 Å². The van der Waals surface area contributed by atoms with E-state index >= 15 is 0 Å². The van der Waals surface area contributed by atoms with Crippen LogP contribution < -0.4 is 0 Å². The van der Waals surface area contributed by atoms with E-state index in [-0.39, 0.29) is 17.1 Å². The zero-order chi connectivity index (χ0) is 13.9. The van der Waals surface area contributed by atoms with Gasteiger partial charge in [0.25, 0.3) is 0 Å². The second-order valence-corrected chi connectivity index (χ2v) is 5.11. The van der Waals surface area contributed by atoms with Gasteiger partial charge in [0, 0.05) is 23.2 Å². The van der Waals surface area contributed by atoms with Gasteiger partial charge in [0.15, 0.2) is 5.78 Å². The molecule has 0 aliphatic rings. The highest BCUT2D eigenvalue weighted by Gasteiger charge is 2.16. The number of Topliss-reactive ketones (excluding diaryl/α,β-unsaturated/α-hetero) is 1. The van der Waals surface area contributed by atoms with Crippen LogP contribution >= 0.6 is 11.6 Å². The van der Waals surface area contributed by atoms with Gasteiger partial charge in [-0.15, -0.1) is 0 Å². The molecule has 0 unspecified atom stereocenters. The number of benzene rings is 1. The molecule has 0 spiro atoms. The topological polar surface area (TPSA) is 40.5 Å². The van der Waals surface area contributed by atoms with Crippen molar-refractivity contribution in [3.8, 4) is 5.75 Å². The van der Waals surface area contributed by atoms with Gasteiger partial charge < -0.3 is 5.11 Å². The largest absolute Gasteiger partial charge is 0.507 e. The van der Waals surface area contributed by atoms with Crippen LogP contribution in [0.15, 0.2) is 12.1 Å². The first-order chi connectivity index (χ1) is 8.36. The Kier molecular flexibility index (Phi) is 5.17. The highest BCUT2D eigenvalue weighted by Crippen LogP contribution is 2.29. The molecule has 0 saturated heterocycles. The van der Waals surface area contributed by atoms with Crippen molar-refractivity contribution in [1.82, 2.24) is 4.90 Å². The molecule has 1 N–H and O–H groups in total. The minimum Gasteiger partial charge on any atom is -0.507 e. The summed E-state index contributed by atoms with van der Waals surface area (Å²) in [5.41, 5.74) is 0.987. The number of ketones is 1. The van der Waals surface area contributed by atoms with Crippen molar-refractivity contribution >= 4 is 17.4 Å². The summed E-state index contributed by atoms with van der Waals surface area (Å²) in [7, 11) is 0. The molecule has 4 heteroatoms. The number of carbonyl (C=O) groups is 1. The molecule has 0 aliphatic heterocycles. The Morgan fingerprint density at radius 3 is 2.50 bits per heavy atom. The average Bonchev–Trinajstić information content (AvgIpc) is 2.28. The first kappa shape index (κ1) is 15.0. The van der Waals surface area contributed by atoms with Gasteiger partial charge in [-0.1, -0.05) is 18.5 Å². The van der Waals surface area contributed by atoms with Crippen LogP contribution in [0.5, 0.6) is 5.75 Å². The van der Waals surface area contributed by atoms with Crippen LogP contribution in [0.25, 0.3) is 0 Å². The van der Waals surface area contributed by atoms with E-state index in [9.17, 15) is 9.90 Å². The van der Waals surface area contributed by atoms with E-state index in [1.807, 2.05) is 0 Å². The van der Waals surface area contributed by atoms with Crippen LogP contribution in [0.1, 0.15) is 43.6 Å². The number of halogens is 1. The summed E-state index contributed by atoms with van der Waals surface area (Å²) in [6.07, 6.45) is 0. The lowest BCUT2D eigenvalue weighted by atomic mass is 10.0. The average molecular weight is 270 g/mol. The van der Waals surface area contributed by atoms with Crippen LogP contribution in [-0.2, 0) is 6.54 Å². The van der Waals surface area contributed by atoms with Crippen molar-refractivity contribution in [2.75, 3.05) is 6.54 Å². The quantitative estimate of drug-likeness (QED) is 0.832. The van der Waals surface area contributed by atoms with Crippen molar-refractivity contribution in [2.24, 2.45) is 0 Å². The summed E-state index contributed by atoms with van der Waals surface area (Å²) in [5.74, 6) is -0.130. The van der Waals surface area contributed by atoms with E-state index in [4.69, 9.17) is 11.6 Å². The van der Waals surface area contributed by atoms with E-state index in [1.165, 1.54) is 13.0 Å². The number of nitrogens with zero attached hydrogens (tertiary/aromatic N) is 1. The predicted molar refractivity (Wildman–Crippen MR) is 74.3 cm³/mol. The lowest BCUT2D eigenvalue weighted by Gasteiger charge is -2.25. The Morgan fingerprint density at radius 2 is 2.06 bits per heavy atom. The van der Waals surface area contributed by atoms with Crippen molar-refractivity contribution in [3.05, 3.63) is 28.3 Å². The van der Waals surface area contributed by atoms with E-state index in [1.54, 1.807) is 6.07 Å². The molecule has 0 bridgehead atoms. The van der Waals surface area contributed by atoms with Crippen molar-refractivity contribution in [3.63, 3.8) is 0 Å². The van der Waals surface area contributed by atoms with Gasteiger partial charge >= 0.3 is 0 Å². The molecular weight excluding hydrogens is 250 g/mol. The van der Waals surface area contributed by atoms with Crippen molar-refractivity contribution in [2.45, 2.75) is 40.3 Å². The summed E-state index contributed by atoms with van der Waals surface area (Å²) in [6.45, 7) is 9.14. The lowest BCUT2D eigenvalue weighted by molar-refractivity contribution is 0.101. The zero-order valence-corrected chi connectivity index (χ0v) is 12.1. The van der Waals surface area contributed by atoms with Crippen molar-refractivity contribution < 1.29 is 9.90 Å². The van der Waals surface area contributed by atoms with Crippen LogP contribution in [0.4, 0.5) is 0 Å². The van der Waals surface area contributed by atoms with Crippen molar-refractivity contribution in [1.29, 1.82) is 0 Å². The zero-order valence-electron chi connectivity index (χ0n) is 11.3. The maximum atomic E-state index is 11.4. The molecule has 0 aromatic heterocycles. The SMILES string of the molecule is CCN(Cc1cc(Cl)cc(C(C)=O)c1O)C(C)C. The Bertz CT molecular complexity index is 444. The summed E-state index contributed by atoms with van der Waals surface area (Å²) in [4.78, 5) is 13.6. The first-order valence-corrected chi connectivity index (χ1v) is 6.51. The second kappa shape index (κ2) is 6.21. The van der Waals surface area contributed by atoms with Gasteiger partial charge in [0.05, 0.1) is 5.56 Å². The Balaban J connectivity index is 3.12. The molecule has 18 heavy (non-hydrogen) atoms. The van der Waals surface area contributed by atoms with Crippen LogP contribution in [0.3, 0.4) is 0 Å². The molecule has 0 atom stereocenters. The fourth-order valence-corrected chi connectivity index (χ4v) is 2.16. The highest BCUT2D eigenvalue weighted by atomic mass is 35.5. The third-order valence-corrected chi connectivity index (χ3v) is 3.26. The fourth-order valence-electron chi connectivity index (χ4n) is 1.92. The van der Waals surface area contributed by atoms with Gasteiger partial charge in [0.1, 0.15) is 5.75 Å². The molecule has 0 heterocycles. The number of carbonyl (C=O) groups excluding carboxylic acids is 1. The second-order valence-electron chi connectivity index (χ2n) is 4.67. The number of phenols is 1. The minimum absolute atomic E-state index is 0.0472.